The zero-order valence-electron chi connectivity index (χ0n) is 16.5. The number of ether oxygens (including phenoxy) is 1. The Balaban J connectivity index is 1.94. The topological polar surface area (TPSA) is 79.0 Å². The third-order valence-corrected chi connectivity index (χ3v) is 4.95. The van der Waals surface area contributed by atoms with E-state index in [1.54, 1.807) is 31.2 Å². The summed E-state index contributed by atoms with van der Waals surface area (Å²) < 4.78 is 4.99. The number of nitrogens with one attached hydrogen (secondary N) is 1. The van der Waals surface area contributed by atoms with Crippen molar-refractivity contribution in [2.75, 3.05) is 34.8 Å². The Morgan fingerprint density at radius 1 is 1.10 bits per heavy atom. The minimum atomic E-state index is -0.496. The summed E-state index contributed by atoms with van der Waals surface area (Å²) in [6, 6.07) is 9.91. The summed E-state index contributed by atoms with van der Waals surface area (Å²) in [7, 11) is 0. The van der Waals surface area contributed by atoms with Gasteiger partial charge in [0, 0.05) is 10.7 Å². The Kier molecular flexibility index (Phi) is 6.08. The van der Waals surface area contributed by atoms with Crippen molar-refractivity contribution in [3.8, 4) is 0 Å². The Morgan fingerprint density at radius 3 is 2.34 bits per heavy atom. The molecule has 2 aromatic carbocycles. The van der Waals surface area contributed by atoms with Gasteiger partial charge in [-0.05, 0) is 68.3 Å². The largest absolute Gasteiger partial charge is 0.465 e. The molecule has 7 nitrogen and oxygen atoms in total. The Labute approximate surface area is 174 Å². The predicted octanol–water partition coefficient (Wildman–Crippen LogP) is 3.91. The van der Waals surface area contributed by atoms with Gasteiger partial charge in [-0.25, -0.2) is 4.79 Å². The molecule has 0 fully saturated rings. The molecule has 29 heavy (non-hydrogen) atoms. The second-order valence-corrected chi connectivity index (χ2v) is 7.17. The van der Waals surface area contributed by atoms with E-state index in [4.69, 9.17) is 16.3 Å². The smallest absolute Gasteiger partial charge is 0.326 e. The first-order chi connectivity index (χ1) is 13.8. The molecule has 8 heteroatoms. The lowest BCUT2D eigenvalue weighted by atomic mass is 10.0. The summed E-state index contributed by atoms with van der Waals surface area (Å²) in [6.45, 7) is 5.39. The van der Waals surface area contributed by atoms with Crippen molar-refractivity contribution < 1.29 is 19.1 Å². The standard InChI is InChI=1S/C21H22ClN3O4/c1-4-29-20(27)12-24-17-9-13(2)14(3)10-18(17)25(11-19(24)26)21(28)23-16-7-5-15(22)6-8-16/h5-10H,4,11-12H2,1-3H3,(H,23,28). The third kappa shape index (κ3) is 4.51. The molecule has 3 rings (SSSR count). The number of halogens is 1. The zero-order chi connectivity index (χ0) is 21.1. The summed E-state index contributed by atoms with van der Waals surface area (Å²) in [5.74, 6) is -0.857. The number of carbonyl (C=O) groups excluding carboxylic acids is 3. The SMILES string of the molecule is CCOC(=O)CN1C(=O)CN(C(=O)Nc2ccc(Cl)cc2)c2cc(C)c(C)cc21. The van der Waals surface area contributed by atoms with Crippen molar-refractivity contribution >= 4 is 46.6 Å². The van der Waals surface area contributed by atoms with Crippen LogP contribution in [0, 0.1) is 13.8 Å². The second kappa shape index (κ2) is 8.53. The van der Waals surface area contributed by atoms with Crippen LogP contribution >= 0.6 is 11.6 Å². The lowest BCUT2D eigenvalue weighted by Crippen LogP contribution is -2.51. The van der Waals surface area contributed by atoms with E-state index in [0.717, 1.165) is 11.1 Å². The number of anilines is 3. The zero-order valence-corrected chi connectivity index (χ0v) is 17.2. The molecule has 0 bridgehead atoms. The molecular weight excluding hydrogens is 394 g/mol. The molecule has 0 saturated carbocycles. The van der Waals surface area contributed by atoms with Crippen LogP contribution in [0.15, 0.2) is 36.4 Å². The lowest BCUT2D eigenvalue weighted by Gasteiger charge is -2.36. The molecule has 2 aromatic rings. The van der Waals surface area contributed by atoms with Gasteiger partial charge in [-0.1, -0.05) is 11.6 Å². The molecule has 0 atom stereocenters. The molecule has 152 valence electrons. The number of carbonyl (C=O) groups is 3. The van der Waals surface area contributed by atoms with E-state index in [-0.39, 0.29) is 25.6 Å². The van der Waals surface area contributed by atoms with Gasteiger partial charge in [-0.3, -0.25) is 19.4 Å². The first kappa shape index (κ1) is 20.7. The van der Waals surface area contributed by atoms with E-state index >= 15 is 0 Å². The summed E-state index contributed by atoms with van der Waals surface area (Å²) in [6.07, 6.45) is 0. The highest BCUT2D eigenvalue weighted by atomic mass is 35.5. The van der Waals surface area contributed by atoms with Crippen molar-refractivity contribution in [1.82, 2.24) is 0 Å². The van der Waals surface area contributed by atoms with Crippen molar-refractivity contribution in [3.05, 3.63) is 52.5 Å². The van der Waals surface area contributed by atoms with E-state index in [9.17, 15) is 14.4 Å². The maximum atomic E-state index is 12.9. The van der Waals surface area contributed by atoms with Crippen LogP contribution in [-0.2, 0) is 14.3 Å². The normalized spacial score (nSPS) is 13.2. The van der Waals surface area contributed by atoms with Gasteiger partial charge >= 0.3 is 12.0 Å². The number of amides is 3. The summed E-state index contributed by atoms with van der Waals surface area (Å²) in [4.78, 5) is 40.4. The minimum Gasteiger partial charge on any atom is -0.465 e. The van der Waals surface area contributed by atoms with Gasteiger partial charge in [-0.2, -0.15) is 0 Å². The van der Waals surface area contributed by atoms with Crippen LogP contribution in [0.1, 0.15) is 18.1 Å². The van der Waals surface area contributed by atoms with E-state index < -0.39 is 12.0 Å². The highest BCUT2D eigenvalue weighted by Gasteiger charge is 2.34. The maximum Gasteiger partial charge on any atom is 0.326 e. The first-order valence-corrected chi connectivity index (χ1v) is 9.59. The van der Waals surface area contributed by atoms with Crippen LogP contribution in [0.3, 0.4) is 0 Å². The highest BCUT2D eigenvalue weighted by Crippen LogP contribution is 2.36. The van der Waals surface area contributed by atoms with Crippen LogP contribution in [0.5, 0.6) is 0 Å². The van der Waals surface area contributed by atoms with Crippen LogP contribution in [0.25, 0.3) is 0 Å². The van der Waals surface area contributed by atoms with Crippen LogP contribution < -0.4 is 15.1 Å². The van der Waals surface area contributed by atoms with Crippen LogP contribution in [0.4, 0.5) is 21.9 Å². The molecular formula is C21H22ClN3O4. The van der Waals surface area contributed by atoms with Gasteiger partial charge in [0.1, 0.15) is 13.1 Å². The molecule has 0 saturated heterocycles. The molecule has 0 aromatic heterocycles. The van der Waals surface area contributed by atoms with E-state index in [1.165, 1.54) is 9.80 Å². The fourth-order valence-electron chi connectivity index (χ4n) is 3.07. The molecule has 3 amide bonds. The number of nitrogens with zero attached hydrogens (tertiary/aromatic N) is 2. The van der Waals surface area contributed by atoms with Crippen molar-refractivity contribution in [1.29, 1.82) is 0 Å². The van der Waals surface area contributed by atoms with Gasteiger partial charge in [0.2, 0.25) is 5.91 Å². The summed E-state index contributed by atoms with van der Waals surface area (Å²) in [5, 5.41) is 3.33. The van der Waals surface area contributed by atoms with Crippen molar-refractivity contribution in [2.45, 2.75) is 20.8 Å². The van der Waals surface area contributed by atoms with Gasteiger partial charge in [0.05, 0.1) is 18.0 Å². The molecule has 1 heterocycles. The monoisotopic (exact) mass is 415 g/mol. The number of benzene rings is 2. The minimum absolute atomic E-state index is 0.186. The second-order valence-electron chi connectivity index (χ2n) is 6.73. The third-order valence-electron chi connectivity index (χ3n) is 4.70. The Hall–Kier alpha value is -3.06. The number of hydrogen-bond donors (Lipinski definition) is 1. The number of urea groups is 1. The van der Waals surface area contributed by atoms with E-state index in [2.05, 4.69) is 5.32 Å². The maximum absolute atomic E-state index is 12.9. The average Bonchev–Trinajstić information content (AvgIpc) is 2.67. The van der Waals surface area contributed by atoms with E-state index in [0.29, 0.717) is 22.1 Å². The number of esters is 1. The molecule has 1 aliphatic rings. The molecule has 0 radical (unpaired) electrons. The number of rotatable bonds is 4. The average molecular weight is 416 g/mol. The number of fused-ring (bicyclic) bond motifs is 1. The first-order valence-electron chi connectivity index (χ1n) is 9.21. The quantitative estimate of drug-likeness (QED) is 0.768. The van der Waals surface area contributed by atoms with Gasteiger partial charge in [0.15, 0.2) is 0 Å². The predicted molar refractivity (Wildman–Crippen MR) is 113 cm³/mol. The fraction of sp³-hybridized carbons (Fsp3) is 0.286. The van der Waals surface area contributed by atoms with E-state index in [1.807, 2.05) is 26.0 Å². The molecule has 0 unspecified atom stereocenters. The molecule has 1 N–H and O–H groups in total. The summed E-state index contributed by atoms with van der Waals surface area (Å²) >= 11 is 5.88. The van der Waals surface area contributed by atoms with Gasteiger partial charge in [0.25, 0.3) is 0 Å². The number of aryl methyl sites for hydroxylation is 2. The van der Waals surface area contributed by atoms with Gasteiger partial charge in [-0.15, -0.1) is 0 Å². The van der Waals surface area contributed by atoms with Crippen molar-refractivity contribution in [2.24, 2.45) is 0 Å². The van der Waals surface area contributed by atoms with Crippen molar-refractivity contribution in [3.63, 3.8) is 0 Å². The van der Waals surface area contributed by atoms with Crippen LogP contribution in [-0.4, -0.2) is 37.6 Å². The lowest BCUT2D eigenvalue weighted by molar-refractivity contribution is -0.142. The Bertz CT molecular complexity index is 959. The molecule has 0 spiro atoms. The van der Waals surface area contributed by atoms with Gasteiger partial charge < -0.3 is 10.1 Å². The number of hydrogen-bond acceptors (Lipinski definition) is 4. The summed E-state index contributed by atoms with van der Waals surface area (Å²) in [5.41, 5.74) is 3.54. The fourth-order valence-corrected chi connectivity index (χ4v) is 3.20. The molecule has 0 aliphatic carbocycles. The van der Waals surface area contributed by atoms with Crippen LogP contribution in [0.2, 0.25) is 5.02 Å². The highest BCUT2D eigenvalue weighted by molar-refractivity contribution is 6.30. The molecule has 1 aliphatic heterocycles. The Morgan fingerprint density at radius 2 is 1.72 bits per heavy atom.